The predicted molar refractivity (Wildman–Crippen MR) is 79.7 cm³/mol. The van der Waals surface area contributed by atoms with Crippen molar-refractivity contribution in [2.45, 2.75) is 13.3 Å². The van der Waals surface area contributed by atoms with Gasteiger partial charge in [-0.1, -0.05) is 6.92 Å². The molecule has 0 saturated heterocycles. The predicted octanol–water partition coefficient (Wildman–Crippen LogP) is 3.35. The standard InChI is InChI=1S/C13H15BrN4O/c1-2-7-19-10-5-3-9(4-6-10)16-13-17-11(14)8-12(15)18-13/h3-6,8H,2,7H2,1H3,(H3,15,16,17,18). The van der Waals surface area contributed by atoms with Gasteiger partial charge >= 0.3 is 0 Å². The molecule has 19 heavy (non-hydrogen) atoms. The van der Waals surface area contributed by atoms with Gasteiger partial charge in [0.15, 0.2) is 0 Å². The second-order valence-electron chi connectivity index (χ2n) is 3.94. The van der Waals surface area contributed by atoms with E-state index in [1.165, 1.54) is 0 Å². The van der Waals surface area contributed by atoms with E-state index in [4.69, 9.17) is 10.5 Å². The summed E-state index contributed by atoms with van der Waals surface area (Å²) in [5.41, 5.74) is 6.53. The normalized spacial score (nSPS) is 10.2. The molecule has 6 heteroatoms. The molecule has 0 unspecified atom stereocenters. The van der Waals surface area contributed by atoms with Crippen LogP contribution >= 0.6 is 15.9 Å². The molecule has 3 N–H and O–H groups in total. The lowest BCUT2D eigenvalue weighted by atomic mass is 10.3. The van der Waals surface area contributed by atoms with Gasteiger partial charge in [0, 0.05) is 11.8 Å². The lowest BCUT2D eigenvalue weighted by Gasteiger charge is -2.08. The number of hydrogen-bond acceptors (Lipinski definition) is 5. The third-order valence-electron chi connectivity index (χ3n) is 2.30. The number of nitrogen functional groups attached to an aromatic ring is 1. The molecule has 0 aliphatic carbocycles. The van der Waals surface area contributed by atoms with E-state index in [1.807, 2.05) is 24.3 Å². The number of nitrogens with zero attached hydrogens (tertiary/aromatic N) is 2. The van der Waals surface area contributed by atoms with Crippen LogP contribution in [0.1, 0.15) is 13.3 Å². The largest absolute Gasteiger partial charge is 0.494 e. The average Bonchev–Trinajstić information content (AvgIpc) is 2.37. The third-order valence-corrected chi connectivity index (χ3v) is 2.70. The van der Waals surface area contributed by atoms with Gasteiger partial charge in [0.25, 0.3) is 0 Å². The van der Waals surface area contributed by atoms with Crippen molar-refractivity contribution < 1.29 is 4.74 Å². The fourth-order valence-electron chi connectivity index (χ4n) is 1.47. The van der Waals surface area contributed by atoms with Gasteiger partial charge in [-0.25, -0.2) is 4.98 Å². The summed E-state index contributed by atoms with van der Waals surface area (Å²) in [6.45, 7) is 2.79. The molecule has 2 rings (SSSR count). The van der Waals surface area contributed by atoms with E-state index in [0.29, 0.717) is 16.4 Å². The van der Waals surface area contributed by atoms with E-state index in [1.54, 1.807) is 6.07 Å². The molecule has 1 aromatic carbocycles. The van der Waals surface area contributed by atoms with Gasteiger partial charge in [0.2, 0.25) is 5.95 Å². The van der Waals surface area contributed by atoms with Gasteiger partial charge in [-0.05, 0) is 46.6 Å². The average molecular weight is 323 g/mol. The summed E-state index contributed by atoms with van der Waals surface area (Å²) in [5.74, 6) is 1.71. The van der Waals surface area contributed by atoms with Crippen molar-refractivity contribution in [3.05, 3.63) is 34.9 Å². The maximum absolute atomic E-state index is 5.65. The number of nitrogens with two attached hydrogens (primary N) is 1. The van der Waals surface area contributed by atoms with Crippen LogP contribution in [0.2, 0.25) is 0 Å². The van der Waals surface area contributed by atoms with E-state index in [0.717, 1.165) is 24.5 Å². The van der Waals surface area contributed by atoms with E-state index >= 15 is 0 Å². The Bertz CT molecular complexity index is 525. The Morgan fingerprint density at radius 3 is 2.63 bits per heavy atom. The molecule has 0 atom stereocenters. The van der Waals surface area contributed by atoms with Gasteiger partial charge in [-0.2, -0.15) is 4.98 Å². The minimum Gasteiger partial charge on any atom is -0.494 e. The number of nitrogens with one attached hydrogen (secondary N) is 1. The van der Waals surface area contributed by atoms with E-state index in [2.05, 4.69) is 38.1 Å². The van der Waals surface area contributed by atoms with Gasteiger partial charge < -0.3 is 15.8 Å². The lowest BCUT2D eigenvalue weighted by Crippen LogP contribution is -2.00. The van der Waals surface area contributed by atoms with Crippen molar-refractivity contribution in [2.24, 2.45) is 0 Å². The Labute approximate surface area is 120 Å². The molecule has 0 fully saturated rings. The van der Waals surface area contributed by atoms with Crippen LogP contribution in [0.15, 0.2) is 34.9 Å². The summed E-state index contributed by atoms with van der Waals surface area (Å²) in [6, 6.07) is 9.27. The molecular weight excluding hydrogens is 308 g/mol. The molecule has 0 radical (unpaired) electrons. The minimum atomic E-state index is 0.410. The summed E-state index contributed by atoms with van der Waals surface area (Å²) in [6.07, 6.45) is 0.991. The Hall–Kier alpha value is -1.82. The molecule has 0 spiro atoms. The summed E-state index contributed by atoms with van der Waals surface area (Å²) < 4.78 is 6.16. The zero-order valence-electron chi connectivity index (χ0n) is 10.6. The van der Waals surface area contributed by atoms with Crippen LogP contribution in [0, 0.1) is 0 Å². The molecule has 1 aromatic heterocycles. The summed E-state index contributed by atoms with van der Waals surface area (Å²) in [5, 5.41) is 3.08. The molecule has 0 saturated carbocycles. The molecule has 5 nitrogen and oxygen atoms in total. The highest BCUT2D eigenvalue weighted by molar-refractivity contribution is 9.10. The summed E-state index contributed by atoms with van der Waals surface area (Å²) in [7, 11) is 0. The molecule has 100 valence electrons. The van der Waals surface area contributed by atoms with Crippen LogP contribution in [0.3, 0.4) is 0 Å². The van der Waals surface area contributed by atoms with Crippen LogP contribution in [-0.4, -0.2) is 16.6 Å². The zero-order chi connectivity index (χ0) is 13.7. The zero-order valence-corrected chi connectivity index (χ0v) is 12.1. The first-order valence-corrected chi connectivity index (χ1v) is 6.76. The second-order valence-corrected chi connectivity index (χ2v) is 4.75. The van der Waals surface area contributed by atoms with Crippen LogP contribution in [0.5, 0.6) is 5.75 Å². The smallest absolute Gasteiger partial charge is 0.230 e. The van der Waals surface area contributed by atoms with Crippen LogP contribution < -0.4 is 15.8 Å². The Morgan fingerprint density at radius 1 is 1.26 bits per heavy atom. The van der Waals surface area contributed by atoms with Crippen LogP contribution in [0.25, 0.3) is 0 Å². The fourth-order valence-corrected chi connectivity index (χ4v) is 1.88. The van der Waals surface area contributed by atoms with Crippen LogP contribution in [0.4, 0.5) is 17.5 Å². The van der Waals surface area contributed by atoms with Gasteiger partial charge in [0.05, 0.1) is 6.61 Å². The van der Waals surface area contributed by atoms with Crippen LogP contribution in [-0.2, 0) is 0 Å². The highest BCUT2D eigenvalue weighted by Gasteiger charge is 2.01. The molecular formula is C13H15BrN4O. The Kier molecular flexibility index (Phi) is 4.57. The molecule has 0 bridgehead atoms. The van der Waals surface area contributed by atoms with Crippen molar-refractivity contribution in [3.63, 3.8) is 0 Å². The molecule has 1 heterocycles. The quantitative estimate of drug-likeness (QED) is 0.826. The first-order valence-electron chi connectivity index (χ1n) is 5.97. The molecule has 0 amide bonds. The third kappa shape index (κ3) is 4.10. The maximum Gasteiger partial charge on any atom is 0.230 e. The highest BCUT2D eigenvalue weighted by atomic mass is 79.9. The monoisotopic (exact) mass is 322 g/mol. The molecule has 0 aliphatic heterocycles. The lowest BCUT2D eigenvalue weighted by molar-refractivity contribution is 0.317. The highest BCUT2D eigenvalue weighted by Crippen LogP contribution is 2.20. The second kappa shape index (κ2) is 6.38. The van der Waals surface area contributed by atoms with Crippen molar-refractivity contribution in [3.8, 4) is 5.75 Å². The van der Waals surface area contributed by atoms with Crippen molar-refractivity contribution in [1.29, 1.82) is 0 Å². The van der Waals surface area contributed by atoms with E-state index in [-0.39, 0.29) is 0 Å². The summed E-state index contributed by atoms with van der Waals surface area (Å²) >= 11 is 3.28. The number of rotatable bonds is 5. The Balaban J connectivity index is 2.06. The van der Waals surface area contributed by atoms with E-state index < -0.39 is 0 Å². The first-order chi connectivity index (χ1) is 9.17. The first kappa shape index (κ1) is 13.6. The van der Waals surface area contributed by atoms with E-state index in [9.17, 15) is 0 Å². The topological polar surface area (TPSA) is 73.1 Å². The minimum absolute atomic E-state index is 0.410. The number of aromatic nitrogens is 2. The number of hydrogen-bond donors (Lipinski definition) is 2. The van der Waals surface area contributed by atoms with Gasteiger partial charge in [0.1, 0.15) is 16.2 Å². The maximum atomic E-state index is 5.65. The number of ether oxygens (including phenoxy) is 1. The molecule has 2 aromatic rings. The van der Waals surface area contributed by atoms with Crippen molar-refractivity contribution in [2.75, 3.05) is 17.7 Å². The van der Waals surface area contributed by atoms with Gasteiger partial charge in [-0.3, -0.25) is 0 Å². The van der Waals surface area contributed by atoms with Gasteiger partial charge in [-0.15, -0.1) is 0 Å². The summed E-state index contributed by atoms with van der Waals surface area (Å²) in [4.78, 5) is 8.28. The van der Waals surface area contributed by atoms with Crippen molar-refractivity contribution in [1.82, 2.24) is 9.97 Å². The Morgan fingerprint density at radius 2 is 2.00 bits per heavy atom. The fraction of sp³-hybridized carbons (Fsp3) is 0.231. The number of benzene rings is 1. The SMILES string of the molecule is CCCOc1ccc(Nc2nc(N)cc(Br)n2)cc1. The number of anilines is 3. The van der Waals surface area contributed by atoms with Crippen molar-refractivity contribution >= 4 is 33.4 Å². The number of halogens is 1. The molecule has 0 aliphatic rings.